The van der Waals surface area contributed by atoms with Gasteiger partial charge >= 0.3 is 5.69 Å². The zero-order valence-electron chi connectivity index (χ0n) is 16.2. The van der Waals surface area contributed by atoms with Crippen molar-refractivity contribution in [2.24, 2.45) is 7.05 Å². The molecule has 9 heteroatoms. The number of carbonyl (C=O) groups is 1. The lowest BCUT2D eigenvalue weighted by Crippen LogP contribution is -2.29. The van der Waals surface area contributed by atoms with Crippen LogP contribution in [-0.2, 0) is 18.3 Å². The number of nitrogens with zero attached hydrogens (tertiary/aromatic N) is 2. The van der Waals surface area contributed by atoms with E-state index >= 15 is 0 Å². The Hall–Kier alpha value is -3.23. The monoisotopic (exact) mass is 440 g/mol. The number of anilines is 1. The smallest absolute Gasteiger partial charge is 0.302 e. The van der Waals surface area contributed by atoms with Gasteiger partial charge in [0.05, 0.1) is 23.0 Å². The second-order valence-electron chi connectivity index (χ2n) is 6.79. The molecule has 0 radical (unpaired) electrons. The number of hydrogen-bond acceptors (Lipinski definition) is 5. The van der Waals surface area contributed by atoms with Gasteiger partial charge in [-0.25, -0.2) is 9.78 Å². The fraction of sp³-hybridized carbons (Fsp3) is 0.143. The lowest BCUT2D eigenvalue weighted by Gasteiger charge is -2.08. The van der Waals surface area contributed by atoms with Crippen LogP contribution in [0.2, 0.25) is 5.02 Å². The SMILES string of the molecule is Cc1sc(NC(=O)Cc2cccc3c2c(=O)[nH]c(=O)n3C)nc1-c1ccc(Cl)cc1. The van der Waals surface area contributed by atoms with E-state index in [4.69, 9.17) is 11.6 Å². The molecule has 0 atom stereocenters. The Labute approximate surface area is 180 Å². The van der Waals surface area contributed by atoms with Gasteiger partial charge in [0.2, 0.25) is 5.91 Å². The quantitative estimate of drug-likeness (QED) is 0.507. The number of nitrogens with one attached hydrogen (secondary N) is 2. The van der Waals surface area contributed by atoms with E-state index in [1.54, 1.807) is 37.4 Å². The summed E-state index contributed by atoms with van der Waals surface area (Å²) in [6.07, 6.45) is -0.0203. The molecule has 0 fully saturated rings. The fourth-order valence-electron chi connectivity index (χ4n) is 3.29. The molecule has 0 unspecified atom stereocenters. The maximum absolute atomic E-state index is 12.6. The highest BCUT2D eigenvalue weighted by Gasteiger charge is 2.15. The van der Waals surface area contributed by atoms with Crippen molar-refractivity contribution in [1.82, 2.24) is 14.5 Å². The van der Waals surface area contributed by atoms with E-state index in [1.807, 2.05) is 19.1 Å². The zero-order valence-corrected chi connectivity index (χ0v) is 17.7. The molecule has 4 rings (SSSR count). The van der Waals surface area contributed by atoms with Crippen LogP contribution in [0, 0.1) is 6.92 Å². The molecule has 2 N–H and O–H groups in total. The van der Waals surface area contributed by atoms with Gasteiger partial charge in [0.1, 0.15) is 0 Å². The number of aromatic nitrogens is 3. The first-order chi connectivity index (χ1) is 14.3. The van der Waals surface area contributed by atoms with Crippen LogP contribution < -0.4 is 16.6 Å². The number of rotatable bonds is 4. The molecule has 0 aliphatic heterocycles. The van der Waals surface area contributed by atoms with Crippen molar-refractivity contribution in [3.05, 3.63) is 78.8 Å². The summed E-state index contributed by atoms with van der Waals surface area (Å²) in [7, 11) is 1.57. The molecule has 0 spiro atoms. The number of fused-ring (bicyclic) bond motifs is 1. The van der Waals surface area contributed by atoms with Crippen LogP contribution in [0.4, 0.5) is 5.13 Å². The van der Waals surface area contributed by atoms with Crippen molar-refractivity contribution < 1.29 is 4.79 Å². The number of hydrogen-bond donors (Lipinski definition) is 2. The first kappa shape index (κ1) is 20.1. The van der Waals surface area contributed by atoms with Crippen LogP contribution in [0.5, 0.6) is 0 Å². The zero-order chi connectivity index (χ0) is 21.4. The van der Waals surface area contributed by atoms with Crippen LogP contribution in [0.3, 0.4) is 0 Å². The number of H-pyrrole nitrogens is 1. The van der Waals surface area contributed by atoms with Gasteiger partial charge in [-0.1, -0.05) is 35.9 Å². The van der Waals surface area contributed by atoms with E-state index in [0.29, 0.717) is 26.6 Å². The molecule has 2 heterocycles. The second-order valence-corrected chi connectivity index (χ2v) is 8.42. The van der Waals surface area contributed by atoms with Gasteiger partial charge < -0.3 is 5.32 Å². The number of halogens is 1. The van der Waals surface area contributed by atoms with Gasteiger partial charge in [-0.05, 0) is 30.7 Å². The minimum atomic E-state index is -0.508. The van der Waals surface area contributed by atoms with Crippen molar-refractivity contribution in [2.75, 3.05) is 5.32 Å². The highest BCUT2D eigenvalue weighted by molar-refractivity contribution is 7.16. The molecule has 0 aliphatic rings. The number of carbonyl (C=O) groups excluding carboxylic acids is 1. The number of aryl methyl sites for hydroxylation is 2. The van der Waals surface area contributed by atoms with E-state index in [0.717, 1.165) is 16.1 Å². The van der Waals surface area contributed by atoms with Gasteiger partial charge in [-0.2, -0.15) is 0 Å². The van der Waals surface area contributed by atoms with E-state index in [9.17, 15) is 14.4 Å². The summed E-state index contributed by atoms with van der Waals surface area (Å²) in [5, 5.41) is 4.25. The number of thiazole rings is 1. The lowest BCUT2D eigenvalue weighted by atomic mass is 10.1. The Balaban J connectivity index is 1.60. The Morgan fingerprint density at radius 1 is 1.20 bits per heavy atom. The van der Waals surface area contributed by atoms with E-state index in [2.05, 4.69) is 15.3 Å². The average molecular weight is 441 g/mol. The fourth-order valence-corrected chi connectivity index (χ4v) is 4.27. The summed E-state index contributed by atoms with van der Waals surface area (Å²) < 4.78 is 1.35. The minimum absolute atomic E-state index is 0.0203. The maximum atomic E-state index is 12.6. The van der Waals surface area contributed by atoms with Crippen molar-refractivity contribution in [3.8, 4) is 11.3 Å². The minimum Gasteiger partial charge on any atom is -0.302 e. The van der Waals surface area contributed by atoms with Crippen LogP contribution in [0.25, 0.3) is 22.2 Å². The third-order valence-electron chi connectivity index (χ3n) is 4.75. The van der Waals surface area contributed by atoms with Crippen LogP contribution in [0.1, 0.15) is 10.4 Å². The van der Waals surface area contributed by atoms with E-state index in [-0.39, 0.29) is 12.3 Å². The summed E-state index contributed by atoms with van der Waals surface area (Å²) in [4.78, 5) is 44.5. The van der Waals surface area contributed by atoms with Crippen LogP contribution in [0.15, 0.2) is 52.1 Å². The number of aromatic amines is 1. The van der Waals surface area contributed by atoms with Crippen molar-refractivity contribution >= 4 is 44.9 Å². The Bertz CT molecular complexity index is 1390. The van der Waals surface area contributed by atoms with Crippen LogP contribution in [-0.4, -0.2) is 20.4 Å². The lowest BCUT2D eigenvalue weighted by molar-refractivity contribution is -0.115. The Morgan fingerprint density at radius 2 is 1.93 bits per heavy atom. The Morgan fingerprint density at radius 3 is 2.67 bits per heavy atom. The highest BCUT2D eigenvalue weighted by Crippen LogP contribution is 2.31. The molecule has 2 aromatic carbocycles. The molecule has 2 aromatic heterocycles. The van der Waals surface area contributed by atoms with Gasteiger partial charge in [0.25, 0.3) is 5.56 Å². The molecule has 152 valence electrons. The van der Waals surface area contributed by atoms with E-state index < -0.39 is 11.2 Å². The third kappa shape index (κ3) is 3.79. The van der Waals surface area contributed by atoms with Crippen molar-refractivity contribution in [3.63, 3.8) is 0 Å². The summed E-state index contributed by atoms with van der Waals surface area (Å²) in [6, 6.07) is 12.4. The predicted octanol–water partition coefficient (Wildman–Crippen LogP) is 3.49. The summed E-state index contributed by atoms with van der Waals surface area (Å²) >= 11 is 7.32. The number of amides is 1. The number of benzene rings is 2. The molecule has 0 saturated carbocycles. The predicted molar refractivity (Wildman–Crippen MR) is 119 cm³/mol. The molecular formula is C21H17ClN4O3S. The van der Waals surface area contributed by atoms with Crippen molar-refractivity contribution in [1.29, 1.82) is 0 Å². The summed E-state index contributed by atoms with van der Waals surface area (Å²) in [5.74, 6) is -0.299. The molecule has 7 nitrogen and oxygen atoms in total. The van der Waals surface area contributed by atoms with Gasteiger partial charge in [-0.15, -0.1) is 11.3 Å². The highest BCUT2D eigenvalue weighted by atomic mass is 35.5. The van der Waals surface area contributed by atoms with E-state index in [1.165, 1.54) is 15.9 Å². The molecule has 0 saturated heterocycles. The topological polar surface area (TPSA) is 96.9 Å². The molecular weight excluding hydrogens is 424 g/mol. The maximum Gasteiger partial charge on any atom is 0.328 e. The molecule has 4 aromatic rings. The molecule has 30 heavy (non-hydrogen) atoms. The standard InChI is InChI=1S/C21H17ClN4O3S/c1-11-18(12-6-8-14(22)9-7-12)24-20(30-11)23-16(27)10-13-4-3-5-15-17(13)19(28)25-21(29)26(15)2/h3-9H,10H2,1-2H3,(H,23,24,27)(H,25,28,29). The third-order valence-corrected chi connectivity index (χ3v) is 5.89. The molecule has 1 amide bonds. The summed E-state index contributed by atoms with van der Waals surface area (Å²) in [5.41, 5.74) is 1.70. The average Bonchev–Trinajstić information content (AvgIpc) is 3.06. The van der Waals surface area contributed by atoms with Crippen LogP contribution >= 0.6 is 22.9 Å². The largest absolute Gasteiger partial charge is 0.328 e. The first-order valence-corrected chi connectivity index (χ1v) is 10.3. The summed E-state index contributed by atoms with van der Waals surface area (Å²) in [6.45, 7) is 1.93. The van der Waals surface area contributed by atoms with Gasteiger partial charge in [0.15, 0.2) is 5.13 Å². The van der Waals surface area contributed by atoms with Gasteiger partial charge in [-0.3, -0.25) is 19.1 Å². The first-order valence-electron chi connectivity index (χ1n) is 9.07. The van der Waals surface area contributed by atoms with Gasteiger partial charge in [0, 0.05) is 22.5 Å². The Kier molecular flexibility index (Phi) is 5.27. The second kappa shape index (κ2) is 7.89. The van der Waals surface area contributed by atoms with Crippen molar-refractivity contribution in [2.45, 2.75) is 13.3 Å². The molecule has 0 aliphatic carbocycles. The molecule has 0 bridgehead atoms. The normalized spacial score (nSPS) is 11.0.